The fraction of sp³-hybridized carbons (Fsp3) is 0.312. The Labute approximate surface area is 131 Å². The minimum atomic E-state index is -1.14. The van der Waals surface area contributed by atoms with Gasteiger partial charge in [0.15, 0.2) is 5.60 Å². The smallest absolute Gasteiger partial charge is 0.347 e. The van der Waals surface area contributed by atoms with Crippen molar-refractivity contribution in [3.63, 3.8) is 0 Å². The molecular formula is C16H16N2O5. The van der Waals surface area contributed by atoms with Gasteiger partial charge in [0.25, 0.3) is 5.70 Å². The van der Waals surface area contributed by atoms with Crippen LogP contribution in [0.3, 0.4) is 0 Å². The third-order valence-electron chi connectivity index (χ3n) is 3.85. The van der Waals surface area contributed by atoms with E-state index < -0.39 is 16.1 Å². The maximum Gasteiger partial charge on any atom is 0.347 e. The minimum absolute atomic E-state index is 0.0705. The van der Waals surface area contributed by atoms with E-state index in [1.807, 2.05) is 25.1 Å². The number of anilines is 1. The van der Waals surface area contributed by atoms with Crippen molar-refractivity contribution in [2.75, 3.05) is 19.0 Å². The van der Waals surface area contributed by atoms with Gasteiger partial charge in [-0.15, -0.1) is 0 Å². The highest BCUT2D eigenvalue weighted by Crippen LogP contribution is 2.39. The first-order chi connectivity index (χ1) is 10.7. The molecule has 7 nitrogen and oxygen atoms in total. The monoisotopic (exact) mass is 316 g/mol. The van der Waals surface area contributed by atoms with Crippen molar-refractivity contribution in [1.82, 2.24) is 0 Å². The summed E-state index contributed by atoms with van der Waals surface area (Å²) in [5.41, 5.74) is -0.649. The van der Waals surface area contributed by atoms with Crippen LogP contribution in [0.15, 0.2) is 33.1 Å². The molecule has 0 amide bonds. The highest BCUT2D eigenvalue weighted by atomic mass is 16.6. The number of nitrogens with zero attached hydrogens (tertiary/aromatic N) is 2. The van der Waals surface area contributed by atoms with Crippen LogP contribution in [0.25, 0.3) is 17.0 Å². The zero-order valence-corrected chi connectivity index (χ0v) is 13.2. The van der Waals surface area contributed by atoms with Gasteiger partial charge in [-0.3, -0.25) is 10.1 Å². The largest absolute Gasteiger partial charge is 0.475 e. The summed E-state index contributed by atoms with van der Waals surface area (Å²) in [6.07, 6.45) is 1.24. The van der Waals surface area contributed by atoms with Crippen LogP contribution in [0.4, 0.5) is 5.69 Å². The fourth-order valence-corrected chi connectivity index (χ4v) is 2.58. The molecule has 0 atom stereocenters. The van der Waals surface area contributed by atoms with E-state index in [1.165, 1.54) is 6.08 Å². The topological polar surface area (TPSA) is 85.8 Å². The van der Waals surface area contributed by atoms with E-state index in [0.717, 1.165) is 5.69 Å². The van der Waals surface area contributed by atoms with Crippen molar-refractivity contribution < 1.29 is 14.1 Å². The molecule has 1 aliphatic heterocycles. The van der Waals surface area contributed by atoms with E-state index in [2.05, 4.69) is 0 Å². The van der Waals surface area contributed by atoms with Gasteiger partial charge in [0.1, 0.15) is 16.9 Å². The lowest BCUT2D eigenvalue weighted by Gasteiger charge is -2.28. The second-order valence-corrected chi connectivity index (χ2v) is 6.11. The van der Waals surface area contributed by atoms with Gasteiger partial charge in [-0.25, -0.2) is 4.79 Å². The second-order valence-electron chi connectivity index (χ2n) is 6.11. The van der Waals surface area contributed by atoms with Gasteiger partial charge in [0.2, 0.25) is 0 Å². The third kappa shape index (κ3) is 2.34. The van der Waals surface area contributed by atoms with Gasteiger partial charge < -0.3 is 14.1 Å². The van der Waals surface area contributed by atoms with E-state index in [1.54, 1.807) is 26.0 Å². The van der Waals surface area contributed by atoms with Crippen LogP contribution >= 0.6 is 0 Å². The van der Waals surface area contributed by atoms with E-state index in [0.29, 0.717) is 16.7 Å². The normalized spacial score (nSPS) is 15.6. The standard InChI is InChI=1S/C16H16N2O5/c1-16(2)13(18(20)21)8-11-14(23-16)10-6-5-9(17(3)4)7-12(10)22-15(11)19/h5-8H,1-4H3. The Morgan fingerprint density at radius 3 is 2.57 bits per heavy atom. The van der Waals surface area contributed by atoms with E-state index in [9.17, 15) is 14.9 Å². The van der Waals surface area contributed by atoms with Gasteiger partial charge in [-0.2, -0.15) is 0 Å². The van der Waals surface area contributed by atoms with E-state index in [4.69, 9.17) is 9.15 Å². The molecule has 0 bridgehead atoms. The quantitative estimate of drug-likeness (QED) is 0.481. The summed E-state index contributed by atoms with van der Waals surface area (Å²) in [5.74, 6) is 0.317. The molecule has 0 unspecified atom stereocenters. The second kappa shape index (κ2) is 4.84. The predicted octanol–water partition coefficient (Wildman–Crippen LogP) is 2.65. The number of ether oxygens (including phenoxy) is 1. The molecule has 2 heterocycles. The first-order valence-electron chi connectivity index (χ1n) is 7.04. The van der Waals surface area contributed by atoms with Gasteiger partial charge in [0, 0.05) is 31.9 Å². The Balaban J connectivity index is 2.33. The molecule has 0 spiro atoms. The SMILES string of the molecule is CN(C)c1ccc2c3c(c(=O)oc2c1)C=C([N+](=O)[O-])C(C)(C)O3. The highest BCUT2D eigenvalue weighted by Gasteiger charge is 2.41. The molecule has 0 N–H and O–H groups in total. The third-order valence-corrected chi connectivity index (χ3v) is 3.85. The van der Waals surface area contributed by atoms with Gasteiger partial charge >= 0.3 is 5.63 Å². The lowest BCUT2D eigenvalue weighted by molar-refractivity contribution is -0.439. The number of fused-ring (bicyclic) bond motifs is 3. The summed E-state index contributed by atoms with van der Waals surface area (Å²) in [4.78, 5) is 24.7. The molecule has 120 valence electrons. The molecule has 0 saturated heterocycles. The van der Waals surface area contributed by atoms with Crippen molar-refractivity contribution >= 4 is 22.7 Å². The lowest BCUT2D eigenvalue weighted by atomic mass is 9.98. The molecule has 23 heavy (non-hydrogen) atoms. The molecule has 0 fully saturated rings. The van der Waals surface area contributed by atoms with Gasteiger partial charge in [0.05, 0.1) is 10.3 Å². The Hall–Kier alpha value is -2.83. The predicted molar refractivity (Wildman–Crippen MR) is 86.5 cm³/mol. The molecule has 1 aromatic heterocycles. The molecule has 1 aliphatic rings. The van der Waals surface area contributed by atoms with Crippen molar-refractivity contribution in [1.29, 1.82) is 0 Å². The van der Waals surface area contributed by atoms with E-state index in [-0.39, 0.29) is 11.3 Å². The highest BCUT2D eigenvalue weighted by molar-refractivity contribution is 5.90. The van der Waals surface area contributed by atoms with Gasteiger partial charge in [-0.1, -0.05) is 0 Å². The van der Waals surface area contributed by atoms with Crippen LogP contribution in [0.2, 0.25) is 0 Å². The molecule has 1 aromatic carbocycles. The number of rotatable bonds is 2. The van der Waals surface area contributed by atoms with Crippen molar-refractivity contribution in [2.45, 2.75) is 19.4 Å². The van der Waals surface area contributed by atoms with Crippen LogP contribution in [0.5, 0.6) is 5.75 Å². The minimum Gasteiger partial charge on any atom is -0.475 e. The Morgan fingerprint density at radius 2 is 1.96 bits per heavy atom. The molecule has 0 aliphatic carbocycles. The molecule has 0 saturated carbocycles. The summed E-state index contributed by atoms with van der Waals surface area (Å²) >= 11 is 0. The summed E-state index contributed by atoms with van der Waals surface area (Å²) in [6, 6.07) is 5.39. The Kier molecular flexibility index (Phi) is 3.17. The molecule has 2 aromatic rings. The number of benzene rings is 1. The summed E-state index contributed by atoms with van der Waals surface area (Å²) in [7, 11) is 3.76. The van der Waals surface area contributed by atoms with Crippen LogP contribution in [0.1, 0.15) is 19.4 Å². The van der Waals surface area contributed by atoms with Crippen molar-refractivity contribution in [3.05, 3.63) is 50.0 Å². The molecule has 0 radical (unpaired) electrons. The van der Waals surface area contributed by atoms with Crippen molar-refractivity contribution in [2.24, 2.45) is 0 Å². The van der Waals surface area contributed by atoms with Crippen LogP contribution in [0, 0.1) is 10.1 Å². The molecule has 3 rings (SSSR count). The maximum atomic E-state index is 12.2. The van der Waals surface area contributed by atoms with Crippen LogP contribution in [-0.2, 0) is 0 Å². The summed E-state index contributed by atoms with van der Waals surface area (Å²) in [6.45, 7) is 3.19. The summed E-state index contributed by atoms with van der Waals surface area (Å²) in [5, 5.41) is 11.8. The Bertz CT molecular complexity index is 909. The first-order valence-corrected chi connectivity index (χ1v) is 7.04. The Morgan fingerprint density at radius 1 is 1.26 bits per heavy atom. The maximum absolute atomic E-state index is 12.2. The summed E-state index contributed by atoms with van der Waals surface area (Å²) < 4.78 is 11.1. The number of hydrogen-bond donors (Lipinski definition) is 0. The zero-order valence-electron chi connectivity index (χ0n) is 13.2. The lowest BCUT2D eigenvalue weighted by Crippen LogP contribution is -2.37. The number of nitro groups is 1. The molecular weight excluding hydrogens is 300 g/mol. The van der Waals surface area contributed by atoms with Crippen molar-refractivity contribution in [3.8, 4) is 5.75 Å². The molecule has 7 heteroatoms. The average Bonchev–Trinajstić information content (AvgIpc) is 2.44. The first kappa shape index (κ1) is 15.1. The van der Waals surface area contributed by atoms with Crippen LogP contribution < -0.4 is 15.3 Å². The average molecular weight is 316 g/mol. The fourth-order valence-electron chi connectivity index (χ4n) is 2.58. The zero-order chi connectivity index (χ0) is 16.9. The van der Waals surface area contributed by atoms with Crippen LogP contribution in [-0.4, -0.2) is 24.6 Å². The van der Waals surface area contributed by atoms with E-state index >= 15 is 0 Å². The van der Waals surface area contributed by atoms with Gasteiger partial charge in [-0.05, 0) is 26.0 Å². The number of hydrogen-bond acceptors (Lipinski definition) is 6.